The van der Waals surface area contributed by atoms with E-state index in [1.165, 1.54) is 0 Å². The predicted molar refractivity (Wildman–Crippen MR) is 53.9 cm³/mol. The number of carbonyl (C=O) groups excluding carboxylic acids is 1. The van der Waals surface area contributed by atoms with Crippen molar-refractivity contribution in [2.24, 2.45) is 11.8 Å². The molecule has 0 spiro atoms. The Morgan fingerprint density at radius 2 is 2.21 bits per heavy atom. The monoisotopic (exact) mass is 195 g/mol. The van der Waals surface area contributed by atoms with Crippen molar-refractivity contribution in [3.8, 4) is 0 Å². The molecule has 3 nitrogen and oxygen atoms in total. The van der Waals surface area contributed by atoms with Gasteiger partial charge in [-0.15, -0.1) is 0 Å². The summed E-state index contributed by atoms with van der Waals surface area (Å²) in [5, 5.41) is 0. The normalized spacial score (nSPS) is 37.4. The molecule has 3 atom stereocenters. The van der Waals surface area contributed by atoms with Crippen LogP contribution in [0, 0.1) is 11.8 Å². The molecule has 0 saturated carbocycles. The Morgan fingerprint density at radius 1 is 1.43 bits per heavy atom. The summed E-state index contributed by atoms with van der Waals surface area (Å²) in [5.41, 5.74) is 0. The third kappa shape index (κ3) is 1.63. The fourth-order valence-electron chi connectivity index (χ4n) is 2.38. The van der Waals surface area contributed by atoms with Crippen LogP contribution in [-0.4, -0.2) is 30.2 Å². The van der Waals surface area contributed by atoms with Gasteiger partial charge in [0, 0.05) is 0 Å². The minimum atomic E-state index is -0.152. The van der Waals surface area contributed by atoms with Crippen molar-refractivity contribution in [3.05, 3.63) is 12.2 Å². The first-order valence-electron chi connectivity index (χ1n) is 5.30. The van der Waals surface area contributed by atoms with E-state index in [-0.39, 0.29) is 12.1 Å². The Balaban J connectivity index is 2.10. The molecule has 14 heavy (non-hydrogen) atoms. The van der Waals surface area contributed by atoms with Crippen LogP contribution in [0.1, 0.15) is 20.3 Å². The molecule has 2 aliphatic rings. The Hall–Kier alpha value is -0.990. The van der Waals surface area contributed by atoms with Crippen molar-refractivity contribution in [2.75, 3.05) is 13.2 Å². The van der Waals surface area contributed by atoms with Crippen LogP contribution in [0.4, 0.5) is 4.79 Å². The number of rotatable bonds is 1. The van der Waals surface area contributed by atoms with E-state index in [4.69, 9.17) is 4.74 Å². The molecule has 2 rings (SSSR count). The molecule has 0 radical (unpaired) electrons. The van der Waals surface area contributed by atoms with Crippen LogP contribution in [0.25, 0.3) is 0 Å². The van der Waals surface area contributed by atoms with E-state index < -0.39 is 0 Å². The molecule has 0 aromatic rings. The Morgan fingerprint density at radius 3 is 2.79 bits per heavy atom. The van der Waals surface area contributed by atoms with E-state index in [2.05, 4.69) is 26.0 Å². The highest BCUT2D eigenvalue weighted by atomic mass is 16.6. The number of nitrogens with zero attached hydrogens (tertiary/aromatic N) is 1. The van der Waals surface area contributed by atoms with E-state index in [1.807, 2.05) is 4.90 Å². The number of ether oxygens (including phenoxy) is 1. The fraction of sp³-hybridized carbons (Fsp3) is 0.727. The summed E-state index contributed by atoms with van der Waals surface area (Å²) < 4.78 is 4.95. The maximum atomic E-state index is 11.4. The lowest BCUT2D eigenvalue weighted by atomic mass is 9.85. The van der Waals surface area contributed by atoms with E-state index >= 15 is 0 Å². The topological polar surface area (TPSA) is 29.5 Å². The summed E-state index contributed by atoms with van der Waals surface area (Å²) in [6, 6.07) is 0.251. The molecule has 78 valence electrons. The minimum Gasteiger partial charge on any atom is -0.448 e. The summed E-state index contributed by atoms with van der Waals surface area (Å²) >= 11 is 0. The molecule has 1 saturated heterocycles. The summed E-state index contributed by atoms with van der Waals surface area (Å²) in [4.78, 5) is 13.2. The number of allylic oxidation sites excluding steroid dienone is 1. The van der Waals surface area contributed by atoms with Gasteiger partial charge in [0.05, 0.1) is 12.6 Å². The third-order valence-corrected chi connectivity index (χ3v) is 3.12. The molecule has 0 bridgehead atoms. The van der Waals surface area contributed by atoms with Gasteiger partial charge in [0.2, 0.25) is 0 Å². The zero-order valence-corrected chi connectivity index (χ0v) is 8.77. The second kappa shape index (κ2) is 3.64. The zero-order chi connectivity index (χ0) is 10.1. The number of amides is 1. The Labute approximate surface area is 84.7 Å². The second-order valence-corrected chi connectivity index (χ2v) is 4.37. The molecule has 3 heteroatoms. The zero-order valence-electron chi connectivity index (χ0n) is 8.77. The van der Waals surface area contributed by atoms with Crippen LogP contribution in [0.15, 0.2) is 12.2 Å². The SMILES string of the molecule is C[C@@H]1C[C@@H](C)C=C[C@H]1N1CCOC1=O. The maximum Gasteiger partial charge on any atom is 0.410 e. The van der Waals surface area contributed by atoms with E-state index in [0.29, 0.717) is 18.4 Å². The van der Waals surface area contributed by atoms with Crippen molar-refractivity contribution in [2.45, 2.75) is 26.3 Å². The summed E-state index contributed by atoms with van der Waals surface area (Å²) in [6.07, 6.45) is 5.37. The predicted octanol–water partition coefficient (Wildman–Crippen LogP) is 2.04. The fourth-order valence-corrected chi connectivity index (χ4v) is 2.38. The van der Waals surface area contributed by atoms with Gasteiger partial charge in [0.25, 0.3) is 0 Å². The van der Waals surface area contributed by atoms with Crippen LogP contribution >= 0.6 is 0 Å². The van der Waals surface area contributed by atoms with Gasteiger partial charge in [0.15, 0.2) is 0 Å². The summed E-state index contributed by atoms with van der Waals surface area (Å²) in [6.45, 7) is 5.71. The lowest BCUT2D eigenvalue weighted by Gasteiger charge is -2.32. The maximum absolute atomic E-state index is 11.4. The van der Waals surface area contributed by atoms with Crippen molar-refractivity contribution in [3.63, 3.8) is 0 Å². The van der Waals surface area contributed by atoms with Gasteiger partial charge < -0.3 is 4.74 Å². The minimum absolute atomic E-state index is 0.152. The largest absolute Gasteiger partial charge is 0.448 e. The second-order valence-electron chi connectivity index (χ2n) is 4.37. The van der Waals surface area contributed by atoms with Gasteiger partial charge in [-0.3, -0.25) is 4.90 Å². The first kappa shape index (κ1) is 9.56. The number of cyclic esters (lactones) is 1. The molecule has 1 fully saturated rings. The number of hydrogen-bond donors (Lipinski definition) is 0. The van der Waals surface area contributed by atoms with Crippen LogP contribution in [-0.2, 0) is 4.74 Å². The highest BCUT2D eigenvalue weighted by Gasteiger charge is 2.33. The molecular weight excluding hydrogens is 178 g/mol. The molecule has 0 aromatic carbocycles. The van der Waals surface area contributed by atoms with Crippen LogP contribution in [0.5, 0.6) is 0 Å². The van der Waals surface area contributed by atoms with Gasteiger partial charge in [-0.25, -0.2) is 4.79 Å². The summed E-state index contributed by atoms with van der Waals surface area (Å²) in [5.74, 6) is 1.18. The van der Waals surface area contributed by atoms with Gasteiger partial charge in [0.1, 0.15) is 6.61 Å². The van der Waals surface area contributed by atoms with Crippen molar-refractivity contribution in [1.82, 2.24) is 4.90 Å². The molecule has 0 unspecified atom stereocenters. The molecule has 0 N–H and O–H groups in total. The molecular formula is C11H17NO2. The summed E-state index contributed by atoms with van der Waals surface area (Å²) in [7, 11) is 0. The highest BCUT2D eigenvalue weighted by molar-refractivity contribution is 5.70. The average molecular weight is 195 g/mol. The molecule has 1 amide bonds. The van der Waals surface area contributed by atoms with Crippen LogP contribution < -0.4 is 0 Å². The smallest absolute Gasteiger partial charge is 0.410 e. The highest BCUT2D eigenvalue weighted by Crippen LogP contribution is 2.28. The Kier molecular flexibility index (Phi) is 2.48. The van der Waals surface area contributed by atoms with Gasteiger partial charge in [-0.1, -0.05) is 26.0 Å². The van der Waals surface area contributed by atoms with E-state index in [9.17, 15) is 4.79 Å². The van der Waals surface area contributed by atoms with Crippen LogP contribution in [0.3, 0.4) is 0 Å². The molecule has 1 aliphatic heterocycles. The average Bonchev–Trinajstić information content (AvgIpc) is 2.52. The van der Waals surface area contributed by atoms with Gasteiger partial charge >= 0.3 is 6.09 Å². The van der Waals surface area contributed by atoms with E-state index in [1.54, 1.807) is 0 Å². The molecule has 1 heterocycles. The Bertz CT molecular complexity index is 262. The van der Waals surface area contributed by atoms with Gasteiger partial charge in [-0.05, 0) is 18.3 Å². The molecule has 1 aliphatic carbocycles. The first-order chi connectivity index (χ1) is 6.68. The van der Waals surface area contributed by atoms with Crippen LogP contribution in [0.2, 0.25) is 0 Å². The number of hydrogen-bond acceptors (Lipinski definition) is 2. The van der Waals surface area contributed by atoms with E-state index in [0.717, 1.165) is 13.0 Å². The number of carbonyl (C=O) groups is 1. The van der Waals surface area contributed by atoms with Crippen molar-refractivity contribution < 1.29 is 9.53 Å². The molecule has 0 aromatic heterocycles. The quantitative estimate of drug-likeness (QED) is 0.599. The lowest BCUT2D eigenvalue weighted by molar-refractivity contribution is 0.141. The van der Waals surface area contributed by atoms with Crippen molar-refractivity contribution >= 4 is 6.09 Å². The third-order valence-electron chi connectivity index (χ3n) is 3.12. The first-order valence-corrected chi connectivity index (χ1v) is 5.30. The van der Waals surface area contributed by atoms with Crippen molar-refractivity contribution in [1.29, 1.82) is 0 Å². The lowest BCUT2D eigenvalue weighted by Crippen LogP contribution is -2.41. The van der Waals surface area contributed by atoms with Gasteiger partial charge in [-0.2, -0.15) is 0 Å². The standard InChI is InChI=1S/C11H17NO2/c1-8-3-4-10(9(2)7-8)12-5-6-14-11(12)13/h3-4,8-10H,5-7H2,1-2H3/t8-,9+,10+/m0/s1.